The predicted octanol–water partition coefficient (Wildman–Crippen LogP) is 2.74. The van der Waals surface area contributed by atoms with Gasteiger partial charge in [-0.25, -0.2) is 5.11 Å². The van der Waals surface area contributed by atoms with E-state index in [0.717, 1.165) is 18.4 Å². The van der Waals surface area contributed by atoms with E-state index in [1.807, 2.05) is 12.1 Å². The van der Waals surface area contributed by atoms with Gasteiger partial charge in [-0.2, -0.15) is 0 Å². The lowest BCUT2D eigenvalue weighted by molar-refractivity contribution is 0.177. The lowest BCUT2D eigenvalue weighted by Gasteiger charge is -2.04. The summed E-state index contributed by atoms with van der Waals surface area (Å²) < 4.78 is 0. The summed E-state index contributed by atoms with van der Waals surface area (Å²) in [5.74, 6) is 0. The van der Waals surface area contributed by atoms with E-state index in [1.165, 1.54) is 11.1 Å². The number of benzene rings is 1. The first kappa shape index (κ1) is 9.27. The number of aryl methyl sites for hydroxylation is 2. The minimum absolute atomic E-state index is 0.0964. The maximum Gasteiger partial charge on any atom is 0.107 e. The summed E-state index contributed by atoms with van der Waals surface area (Å²) in [4.78, 5) is 0. The maximum atomic E-state index is 10.7. The fourth-order valence-electron chi connectivity index (χ4n) is 1.33. The Morgan fingerprint density at radius 1 is 0.917 bits per heavy atom. The van der Waals surface area contributed by atoms with Gasteiger partial charge in [0.05, 0.1) is 0 Å². The van der Waals surface area contributed by atoms with Crippen molar-refractivity contribution in [2.75, 3.05) is 0 Å². The second-order valence-corrected chi connectivity index (χ2v) is 3.01. The molecular formula is C11H15O. The molecule has 0 aliphatic rings. The molecule has 12 heavy (non-hydrogen) atoms. The molecule has 1 radical (unpaired) electrons. The summed E-state index contributed by atoms with van der Waals surface area (Å²) in [6.07, 6.45) is 2.03. The average molecular weight is 163 g/mol. The Bertz CT molecular complexity index is 198. The quantitative estimate of drug-likeness (QED) is 0.653. The number of hydrogen-bond donors (Lipinski definition) is 0. The Labute approximate surface area is 74.1 Å². The number of hydrogen-bond acceptors (Lipinski definition) is 0. The molecular weight excluding hydrogens is 148 g/mol. The molecule has 0 amide bonds. The molecule has 0 bridgehead atoms. The van der Waals surface area contributed by atoms with Crippen LogP contribution >= 0.6 is 0 Å². The van der Waals surface area contributed by atoms with Crippen molar-refractivity contribution in [3.05, 3.63) is 34.9 Å². The molecule has 0 saturated heterocycles. The minimum atomic E-state index is -0.0964. The first-order valence-corrected chi connectivity index (χ1v) is 4.50. The summed E-state index contributed by atoms with van der Waals surface area (Å²) in [7, 11) is 0. The van der Waals surface area contributed by atoms with Gasteiger partial charge in [-0.1, -0.05) is 32.0 Å². The summed E-state index contributed by atoms with van der Waals surface area (Å²) in [5.41, 5.74) is 3.48. The van der Waals surface area contributed by atoms with Crippen molar-refractivity contribution in [1.82, 2.24) is 0 Å². The van der Waals surface area contributed by atoms with Crippen molar-refractivity contribution in [2.24, 2.45) is 0 Å². The average Bonchev–Trinajstić information content (AvgIpc) is 2.16. The summed E-state index contributed by atoms with van der Waals surface area (Å²) >= 11 is 0. The van der Waals surface area contributed by atoms with Crippen molar-refractivity contribution in [1.29, 1.82) is 0 Å². The molecule has 0 saturated carbocycles. The smallest absolute Gasteiger partial charge is 0.107 e. The standard InChI is InChI=1S/C11H15O/c1-3-9-5-10(4-2)7-11(6-9)8-12/h5-7H,3-4,8H2,1-2H3. The molecule has 1 rings (SSSR count). The van der Waals surface area contributed by atoms with E-state index in [0.29, 0.717) is 0 Å². The van der Waals surface area contributed by atoms with E-state index < -0.39 is 0 Å². The topological polar surface area (TPSA) is 19.9 Å². The highest BCUT2D eigenvalue weighted by Gasteiger charge is 1.97. The van der Waals surface area contributed by atoms with Crippen LogP contribution in [0.25, 0.3) is 0 Å². The Kier molecular flexibility index (Phi) is 3.30. The van der Waals surface area contributed by atoms with E-state index >= 15 is 0 Å². The first-order valence-electron chi connectivity index (χ1n) is 4.50. The molecule has 0 N–H and O–H groups in total. The zero-order valence-corrected chi connectivity index (χ0v) is 7.76. The molecule has 1 aromatic rings. The third kappa shape index (κ3) is 2.08. The van der Waals surface area contributed by atoms with Crippen LogP contribution in [0.2, 0.25) is 0 Å². The van der Waals surface area contributed by atoms with Gasteiger partial charge in [-0.3, -0.25) is 0 Å². The van der Waals surface area contributed by atoms with Crippen LogP contribution in [0.15, 0.2) is 18.2 Å². The van der Waals surface area contributed by atoms with Gasteiger partial charge in [-0.05, 0) is 29.5 Å². The molecule has 0 unspecified atom stereocenters. The van der Waals surface area contributed by atoms with Crippen molar-refractivity contribution in [3.63, 3.8) is 0 Å². The largest absolute Gasteiger partial charge is 0.232 e. The van der Waals surface area contributed by atoms with E-state index in [4.69, 9.17) is 0 Å². The third-order valence-electron chi connectivity index (χ3n) is 2.10. The molecule has 65 valence electrons. The van der Waals surface area contributed by atoms with Crippen LogP contribution in [-0.2, 0) is 24.6 Å². The highest BCUT2D eigenvalue weighted by molar-refractivity contribution is 5.29. The first-order chi connectivity index (χ1) is 5.80. The molecule has 1 aromatic carbocycles. The van der Waals surface area contributed by atoms with Crippen LogP contribution in [0.4, 0.5) is 0 Å². The van der Waals surface area contributed by atoms with Gasteiger partial charge in [0, 0.05) is 0 Å². The molecule has 1 heteroatoms. The summed E-state index contributed by atoms with van der Waals surface area (Å²) in [6.45, 7) is 4.13. The monoisotopic (exact) mass is 163 g/mol. The highest BCUT2D eigenvalue weighted by Crippen LogP contribution is 2.11. The van der Waals surface area contributed by atoms with Crippen LogP contribution in [0.5, 0.6) is 0 Å². The van der Waals surface area contributed by atoms with Gasteiger partial charge in [0.1, 0.15) is 6.61 Å². The van der Waals surface area contributed by atoms with Crippen LogP contribution in [-0.4, -0.2) is 0 Å². The zero-order chi connectivity index (χ0) is 8.97. The van der Waals surface area contributed by atoms with Crippen molar-refractivity contribution >= 4 is 0 Å². The molecule has 0 heterocycles. The zero-order valence-electron chi connectivity index (χ0n) is 7.76. The molecule has 0 spiro atoms. The van der Waals surface area contributed by atoms with E-state index in [9.17, 15) is 5.11 Å². The second kappa shape index (κ2) is 4.27. The lowest BCUT2D eigenvalue weighted by Crippen LogP contribution is -1.90. The van der Waals surface area contributed by atoms with Crippen LogP contribution in [0, 0.1) is 0 Å². The fraction of sp³-hybridized carbons (Fsp3) is 0.455. The van der Waals surface area contributed by atoms with Gasteiger partial charge in [0.15, 0.2) is 0 Å². The minimum Gasteiger partial charge on any atom is -0.232 e. The van der Waals surface area contributed by atoms with Crippen LogP contribution < -0.4 is 0 Å². The molecule has 0 aliphatic heterocycles. The second-order valence-electron chi connectivity index (χ2n) is 3.01. The molecule has 1 nitrogen and oxygen atoms in total. The number of rotatable bonds is 3. The Morgan fingerprint density at radius 3 is 1.67 bits per heavy atom. The molecule has 0 atom stereocenters. The van der Waals surface area contributed by atoms with E-state index in [2.05, 4.69) is 19.9 Å². The fourth-order valence-corrected chi connectivity index (χ4v) is 1.33. The Hall–Kier alpha value is -0.820. The van der Waals surface area contributed by atoms with E-state index in [-0.39, 0.29) is 6.61 Å². The van der Waals surface area contributed by atoms with Crippen LogP contribution in [0.1, 0.15) is 30.5 Å². The molecule has 0 fully saturated rings. The van der Waals surface area contributed by atoms with Gasteiger partial charge >= 0.3 is 0 Å². The molecule has 0 aliphatic carbocycles. The van der Waals surface area contributed by atoms with Gasteiger partial charge in [-0.15, -0.1) is 0 Å². The van der Waals surface area contributed by atoms with Crippen LogP contribution in [0.3, 0.4) is 0 Å². The Balaban J connectivity index is 3.01. The van der Waals surface area contributed by atoms with Crippen molar-refractivity contribution in [3.8, 4) is 0 Å². The van der Waals surface area contributed by atoms with Crippen molar-refractivity contribution < 1.29 is 5.11 Å². The van der Waals surface area contributed by atoms with Gasteiger partial charge in [0.25, 0.3) is 0 Å². The molecule has 0 aromatic heterocycles. The maximum absolute atomic E-state index is 10.7. The van der Waals surface area contributed by atoms with E-state index in [1.54, 1.807) is 0 Å². The van der Waals surface area contributed by atoms with Crippen molar-refractivity contribution in [2.45, 2.75) is 33.3 Å². The lowest BCUT2D eigenvalue weighted by atomic mass is 10.0. The third-order valence-corrected chi connectivity index (χ3v) is 2.10. The predicted molar refractivity (Wildman–Crippen MR) is 49.6 cm³/mol. The SMILES string of the molecule is CCc1cc(CC)cc(C[O])c1. The Morgan fingerprint density at radius 2 is 1.33 bits per heavy atom. The summed E-state index contributed by atoms with van der Waals surface area (Å²) in [5, 5.41) is 10.7. The van der Waals surface area contributed by atoms with Gasteiger partial charge in [0.2, 0.25) is 0 Å². The summed E-state index contributed by atoms with van der Waals surface area (Å²) in [6, 6.07) is 6.19. The highest BCUT2D eigenvalue weighted by atomic mass is 16.3. The van der Waals surface area contributed by atoms with Gasteiger partial charge < -0.3 is 0 Å². The normalized spacial score (nSPS) is 10.2.